The molecular formula is C19H23Cl2KN3O4+. The molecule has 29 heavy (non-hydrogen) atoms. The van der Waals surface area contributed by atoms with E-state index in [1.54, 1.807) is 35.3 Å². The quantitative estimate of drug-likeness (QED) is 0.435. The van der Waals surface area contributed by atoms with Crippen LogP contribution in [0.5, 0.6) is 0 Å². The van der Waals surface area contributed by atoms with Crippen molar-refractivity contribution in [2.24, 2.45) is 5.92 Å². The van der Waals surface area contributed by atoms with Crippen molar-refractivity contribution in [3.05, 3.63) is 52.0 Å². The van der Waals surface area contributed by atoms with Gasteiger partial charge in [-0.3, -0.25) is 14.9 Å². The normalized spacial score (nSPS) is 13.0. The van der Waals surface area contributed by atoms with Gasteiger partial charge in [0, 0.05) is 34.9 Å². The Labute approximate surface area is 222 Å². The third-order valence-corrected chi connectivity index (χ3v) is 4.63. The van der Waals surface area contributed by atoms with Gasteiger partial charge in [-0.15, -0.1) is 0 Å². The van der Waals surface area contributed by atoms with Crippen LogP contribution in [0.4, 0.5) is 0 Å². The summed E-state index contributed by atoms with van der Waals surface area (Å²) in [6, 6.07) is 3.18. The average molecular weight is 467 g/mol. The van der Waals surface area contributed by atoms with E-state index in [0.29, 0.717) is 28.7 Å². The molecule has 0 aliphatic carbocycles. The van der Waals surface area contributed by atoms with Gasteiger partial charge in [-0.05, 0) is 36.1 Å². The molecule has 1 aromatic heterocycles. The summed E-state index contributed by atoms with van der Waals surface area (Å²) in [5, 5.41) is 22.7. The Kier molecular flexibility index (Phi) is 11.4. The zero-order chi connectivity index (χ0) is 20.8. The fourth-order valence-electron chi connectivity index (χ4n) is 2.94. The number of benzene rings is 1. The Bertz CT molecular complexity index is 824. The molecule has 10 heteroatoms. The number of nitrogens with one attached hydrogen (secondary N) is 1. The standard InChI is InChI=1S/C19H23Cl2N3O4.K/c1-11(2)3-16(18(25)26)23-17(19(27)28)7-15-8-22-10-24(15)9-12-4-13(20)6-14(21)5-12;/h4-6,8,10-11,16-17,23H,3,7,9H2,1-2H3,(H,25,26)(H,27,28);/q;+1/t16-,17-;/m0./s1. The van der Waals surface area contributed by atoms with Gasteiger partial charge in [0.15, 0.2) is 0 Å². The monoisotopic (exact) mass is 466 g/mol. The minimum Gasteiger partial charge on any atom is -0.480 e. The van der Waals surface area contributed by atoms with E-state index in [-0.39, 0.29) is 63.7 Å². The molecule has 0 aliphatic heterocycles. The zero-order valence-electron chi connectivity index (χ0n) is 16.6. The van der Waals surface area contributed by atoms with Crippen molar-refractivity contribution >= 4 is 35.1 Å². The van der Waals surface area contributed by atoms with Crippen LogP contribution < -0.4 is 56.7 Å². The molecule has 0 saturated carbocycles. The minimum atomic E-state index is -1.12. The number of nitrogens with zero attached hydrogens (tertiary/aromatic N) is 2. The van der Waals surface area contributed by atoms with Crippen molar-refractivity contribution in [2.45, 2.75) is 45.3 Å². The van der Waals surface area contributed by atoms with Crippen LogP contribution in [0.25, 0.3) is 0 Å². The molecule has 2 atom stereocenters. The number of carboxylic acids is 2. The molecule has 0 amide bonds. The van der Waals surface area contributed by atoms with Crippen molar-refractivity contribution in [1.29, 1.82) is 0 Å². The fraction of sp³-hybridized carbons (Fsp3) is 0.421. The Morgan fingerprint density at radius 2 is 1.69 bits per heavy atom. The Morgan fingerprint density at radius 3 is 2.21 bits per heavy atom. The van der Waals surface area contributed by atoms with Crippen molar-refractivity contribution in [3.8, 4) is 0 Å². The number of carboxylic acid groups (broad SMARTS) is 2. The van der Waals surface area contributed by atoms with Crippen LogP contribution in [0.2, 0.25) is 10.0 Å². The van der Waals surface area contributed by atoms with Crippen LogP contribution >= 0.6 is 23.2 Å². The number of carbonyl (C=O) groups is 2. The summed E-state index contributed by atoms with van der Waals surface area (Å²) >= 11 is 12.1. The van der Waals surface area contributed by atoms with E-state index in [1.165, 1.54) is 0 Å². The van der Waals surface area contributed by atoms with E-state index in [4.69, 9.17) is 23.2 Å². The molecular weight excluding hydrogens is 444 g/mol. The van der Waals surface area contributed by atoms with E-state index in [1.807, 2.05) is 13.8 Å². The van der Waals surface area contributed by atoms with Crippen LogP contribution in [-0.2, 0) is 22.6 Å². The Balaban J connectivity index is 0.00000420. The number of imidazole rings is 1. The molecule has 0 saturated heterocycles. The second-order valence-electron chi connectivity index (χ2n) is 7.07. The van der Waals surface area contributed by atoms with Gasteiger partial charge in [-0.1, -0.05) is 37.0 Å². The Hall–Kier alpha value is -0.454. The SMILES string of the molecule is CC(C)C[C@H](N[C@@H](Cc1cncn1Cc1cc(Cl)cc(Cl)c1)C(=O)O)C(=O)O.[K+]. The van der Waals surface area contributed by atoms with E-state index in [0.717, 1.165) is 5.56 Å². The first-order valence-electron chi connectivity index (χ1n) is 8.81. The zero-order valence-corrected chi connectivity index (χ0v) is 21.2. The maximum atomic E-state index is 11.7. The number of hydrogen-bond donors (Lipinski definition) is 3. The smallest absolute Gasteiger partial charge is 0.480 e. The summed E-state index contributed by atoms with van der Waals surface area (Å²) in [6.45, 7) is 4.19. The van der Waals surface area contributed by atoms with E-state index in [2.05, 4.69) is 10.3 Å². The molecule has 2 aromatic rings. The van der Waals surface area contributed by atoms with Crippen molar-refractivity contribution in [3.63, 3.8) is 0 Å². The molecule has 2 rings (SSSR count). The fourth-order valence-corrected chi connectivity index (χ4v) is 3.51. The second-order valence-corrected chi connectivity index (χ2v) is 7.95. The Morgan fingerprint density at radius 1 is 1.10 bits per heavy atom. The summed E-state index contributed by atoms with van der Waals surface area (Å²) in [7, 11) is 0. The molecule has 0 unspecified atom stereocenters. The van der Waals surface area contributed by atoms with Gasteiger partial charge in [-0.25, -0.2) is 4.98 Å². The third kappa shape index (κ3) is 8.67. The van der Waals surface area contributed by atoms with Crippen molar-refractivity contribution < 1.29 is 71.2 Å². The van der Waals surface area contributed by atoms with Crippen LogP contribution in [0.15, 0.2) is 30.7 Å². The summed E-state index contributed by atoms with van der Waals surface area (Å²) in [4.78, 5) is 27.3. The molecule has 7 nitrogen and oxygen atoms in total. The number of aliphatic carboxylic acids is 2. The molecule has 3 N–H and O–H groups in total. The van der Waals surface area contributed by atoms with Crippen LogP contribution in [-0.4, -0.2) is 43.8 Å². The predicted molar refractivity (Wildman–Crippen MR) is 107 cm³/mol. The third-order valence-electron chi connectivity index (χ3n) is 4.19. The first-order valence-corrected chi connectivity index (χ1v) is 9.57. The average Bonchev–Trinajstić information content (AvgIpc) is 2.98. The predicted octanol–water partition coefficient (Wildman–Crippen LogP) is 0.327. The van der Waals surface area contributed by atoms with Crippen molar-refractivity contribution in [1.82, 2.24) is 14.9 Å². The minimum absolute atomic E-state index is 0. The maximum absolute atomic E-state index is 11.7. The molecule has 152 valence electrons. The van der Waals surface area contributed by atoms with Gasteiger partial charge in [0.1, 0.15) is 12.1 Å². The van der Waals surface area contributed by atoms with E-state index >= 15 is 0 Å². The van der Waals surface area contributed by atoms with Gasteiger partial charge >= 0.3 is 63.3 Å². The molecule has 0 bridgehead atoms. The van der Waals surface area contributed by atoms with Crippen LogP contribution in [0, 0.1) is 5.92 Å². The van der Waals surface area contributed by atoms with E-state index in [9.17, 15) is 19.8 Å². The summed E-state index contributed by atoms with van der Waals surface area (Å²) in [5.41, 5.74) is 1.50. The van der Waals surface area contributed by atoms with Gasteiger partial charge < -0.3 is 14.8 Å². The molecule has 1 heterocycles. The first-order chi connectivity index (χ1) is 13.2. The van der Waals surface area contributed by atoms with Crippen LogP contribution in [0.3, 0.4) is 0 Å². The number of aromatic nitrogens is 2. The van der Waals surface area contributed by atoms with E-state index < -0.39 is 24.0 Å². The van der Waals surface area contributed by atoms with Gasteiger partial charge in [0.05, 0.1) is 6.33 Å². The topological polar surface area (TPSA) is 104 Å². The van der Waals surface area contributed by atoms with Crippen LogP contribution in [0.1, 0.15) is 31.5 Å². The summed E-state index contributed by atoms with van der Waals surface area (Å²) in [5.74, 6) is -2.07. The molecule has 0 aliphatic rings. The molecule has 0 spiro atoms. The molecule has 0 radical (unpaired) electrons. The maximum Gasteiger partial charge on any atom is 1.00 e. The first kappa shape index (κ1) is 26.6. The van der Waals surface area contributed by atoms with Gasteiger partial charge in [-0.2, -0.15) is 0 Å². The summed E-state index contributed by atoms with van der Waals surface area (Å²) in [6.07, 6.45) is 3.58. The van der Waals surface area contributed by atoms with Crippen molar-refractivity contribution in [2.75, 3.05) is 0 Å². The number of hydrogen-bond acceptors (Lipinski definition) is 4. The number of rotatable bonds is 10. The molecule has 1 aromatic carbocycles. The second kappa shape index (κ2) is 12.4. The molecule has 0 fully saturated rings. The largest absolute Gasteiger partial charge is 1.00 e. The van der Waals surface area contributed by atoms with Gasteiger partial charge in [0.25, 0.3) is 0 Å². The number of halogens is 2. The summed E-state index contributed by atoms with van der Waals surface area (Å²) < 4.78 is 1.79. The van der Waals surface area contributed by atoms with Gasteiger partial charge in [0.2, 0.25) is 0 Å².